The standard InChI is InChI=1S/C26H31F3N4O2S/c1-36-20-11-19(12-20)32-24(35)25(14-34)22(26(25,28)29)17-4-2-15(3-5-17)16-6-8-33(9-7-16)23-21(30)10-18(27)13-31-23/h2-5,10,13,16,19-20,22,34H,6-9,11-12,14,30H2,1H3,(H,32,35). The normalized spacial score (nSPS) is 29.5. The minimum absolute atomic E-state index is 0.107. The van der Waals surface area contributed by atoms with Gasteiger partial charge in [0, 0.05) is 30.4 Å². The maximum absolute atomic E-state index is 15.0. The summed E-state index contributed by atoms with van der Waals surface area (Å²) < 4.78 is 43.3. The highest BCUT2D eigenvalue weighted by atomic mass is 32.2. The van der Waals surface area contributed by atoms with E-state index in [0.29, 0.717) is 35.4 Å². The van der Waals surface area contributed by atoms with E-state index in [-0.39, 0.29) is 12.0 Å². The molecule has 2 saturated carbocycles. The van der Waals surface area contributed by atoms with Gasteiger partial charge in [0.2, 0.25) is 5.91 Å². The molecule has 0 bridgehead atoms. The van der Waals surface area contributed by atoms with Crippen molar-refractivity contribution in [1.82, 2.24) is 10.3 Å². The number of anilines is 2. The molecular formula is C26H31F3N4O2S. The number of aliphatic hydroxyl groups excluding tert-OH is 1. The first-order valence-electron chi connectivity index (χ1n) is 12.3. The zero-order valence-electron chi connectivity index (χ0n) is 20.1. The Bertz CT molecular complexity index is 1120. The molecule has 1 aromatic heterocycles. The van der Waals surface area contributed by atoms with Crippen molar-refractivity contribution in [3.63, 3.8) is 0 Å². The highest BCUT2D eigenvalue weighted by Crippen LogP contribution is 2.71. The van der Waals surface area contributed by atoms with Gasteiger partial charge in [0.15, 0.2) is 5.82 Å². The van der Waals surface area contributed by atoms with E-state index in [0.717, 1.165) is 37.4 Å². The number of hydrogen-bond donors (Lipinski definition) is 3. The summed E-state index contributed by atoms with van der Waals surface area (Å²) >= 11 is 1.71. The maximum atomic E-state index is 15.0. The lowest BCUT2D eigenvalue weighted by molar-refractivity contribution is -0.133. The molecule has 2 heterocycles. The molecule has 0 radical (unpaired) electrons. The van der Waals surface area contributed by atoms with Crippen LogP contribution >= 0.6 is 11.8 Å². The molecule has 5 rings (SSSR count). The molecule has 2 aromatic rings. The summed E-state index contributed by atoms with van der Waals surface area (Å²) in [6.45, 7) is 0.501. The largest absolute Gasteiger partial charge is 0.396 e. The third-order valence-corrected chi connectivity index (χ3v) is 9.23. The number of piperidine rings is 1. The van der Waals surface area contributed by atoms with Gasteiger partial charge in [0.1, 0.15) is 11.2 Å². The first-order valence-corrected chi connectivity index (χ1v) is 13.6. The van der Waals surface area contributed by atoms with E-state index < -0.39 is 35.6 Å². The summed E-state index contributed by atoms with van der Waals surface area (Å²) in [5.74, 6) is -5.05. The van der Waals surface area contributed by atoms with Crippen LogP contribution in [0.4, 0.5) is 24.7 Å². The van der Waals surface area contributed by atoms with Gasteiger partial charge in [-0.2, -0.15) is 11.8 Å². The average Bonchev–Trinajstić information content (AvgIpc) is 3.37. The molecule has 2 atom stereocenters. The molecule has 1 saturated heterocycles. The van der Waals surface area contributed by atoms with Gasteiger partial charge in [-0.1, -0.05) is 24.3 Å². The van der Waals surface area contributed by atoms with E-state index in [9.17, 15) is 14.3 Å². The van der Waals surface area contributed by atoms with Crippen LogP contribution in [0.1, 0.15) is 48.6 Å². The Hall–Kier alpha value is -2.46. The highest BCUT2D eigenvalue weighted by molar-refractivity contribution is 7.99. The van der Waals surface area contributed by atoms with Crippen molar-refractivity contribution in [2.45, 2.75) is 54.7 Å². The molecule has 10 heteroatoms. The van der Waals surface area contributed by atoms with E-state index >= 15 is 8.78 Å². The number of hydrogen-bond acceptors (Lipinski definition) is 6. The van der Waals surface area contributed by atoms with E-state index in [4.69, 9.17) is 5.73 Å². The molecule has 1 aliphatic heterocycles. The summed E-state index contributed by atoms with van der Waals surface area (Å²) in [6, 6.07) is 8.19. The van der Waals surface area contributed by atoms with Crippen LogP contribution < -0.4 is 16.0 Å². The number of nitrogen functional groups attached to an aromatic ring is 1. The van der Waals surface area contributed by atoms with E-state index in [1.165, 1.54) is 6.07 Å². The molecule has 0 spiro atoms. The van der Waals surface area contributed by atoms with Crippen LogP contribution in [0, 0.1) is 11.2 Å². The van der Waals surface area contributed by atoms with Crippen molar-refractivity contribution in [2.75, 3.05) is 36.6 Å². The second-order valence-electron chi connectivity index (χ2n) is 10.2. The quantitative estimate of drug-likeness (QED) is 0.513. The third-order valence-electron chi connectivity index (χ3n) is 8.18. The predicted molar refractivity (Wildman–Crippen MR) is 135 cm³/mol. The fourth-order valence-corrected chi connectivity index (χ4v) is 6.64. The third kappa shape index (κ3) is 4.12. The highest BCUT2D eigenvalue weighted by Gasteiger charge is 2.84. The van der Waals surface area contributed by atoms with Crippen molar-refractivity contribution in [3.05, 3.63) is 53.5 Å². The lowest BCUT2D eigenvalue weighted by Crippen LogP contribution is -2.50. The number of rotatable bonds is 7. The van der Waals surface area contributed by atoms with Crippen molar-refractivity contribution in [3.8, 4) is 0 Å². The molecule has 1 amide bonds. The summed E-state index contributed by atoms with van der Waals surface area (Å²) in [5.41, 5.74) is 5.53. The van der Waals surface area contributed by atoms with Crippen LogP contribution in [0.25, 0.3) is 0 Å². The van der Waals surface area contributed by atoms with Crippen LogP contribution in [0.3, 0.4) is 0 Å². The zero-order chi connectivity index (χ0) is 25.7. The summed E-state index contributed by atoms with van der Waals surface area (Å²) in [7, 11) is 0. The lowest BCUT2D eigenvalue weighted by atomic mass is 9.88. The van der Waals surface area contributed by atoms with E-state index in [1.807, 2.05) is 23.3 Å². The number of pyridine rings is 1. The number of aliphatic hydroxyl groups is 1. The number of halogens is 3. The second kappa shape index (κ2) is 9.45. The molecule has 3 aliphatic rings. The Kier molecular flexibility index (Phi) is 6.61. The number of carbonyl (C=O) groups excluding carboxylic acids is 1. The van der Waals surface area contributed by atoms with Gasteiger partial charge in [-0.15, -0.1) is 0 Å². The molecule has 1 aromatic carbocycles. The summed E-state index contributed by atoms with van der Waals surface area (Å²) in [5, 5.41) is 13.1. The average molecular weight is 521 g/mol. The van der Waals surface area contributed by atoms with Crippen LogP contribution in [-0.2, 0) is 4.79 Å². The Balaban J connectivity index is 1.23. The van der Waals surface area contributed by atoms with Gasteiger partial charge < -0.3 is 21.1 Å². The molecule has 3 fully saturated rings. The predicted octanol–water partition coefficient (Wildman–Crippen LogP) is 3.91. The number of nitrogens with one attached hydrogen (secondary N) is 1. The van der Waals surface area contributed by atoms with Gasteiger partial charge in [-0.25, -0.2) is 18.2 Å². The number of alkyl halides is 2. The van der Waals surface area contributed by atoms with Crippen molar-refractivity contribution < 1.29 is 23.1 Å². The molecular weight excluding hydrogens is 489 g/mol. The second-order valence-corrected chi connectivity index (χ2v) is 11.3. The first kappa shape index (κ1) is 25.2. The van der Waals surface area contributed by atoms with E-state index in [2.05, 4.69) is 10.3 Å². The Morgan fingerprint density at radius 2 is 1.86 bits per heavy atom. The number of nitrogens with zero attached hydrogens (tertiary/aromatic N) is 2. The summed E-state index contributed by atoms with van der Waals surface area (Å²) in [6.07, 6.45) is 6.32. The fourth-order valence-electron chi connectivity index (χ4n) is 5.79. The van der Waals surface area contributed by atoms with Gasteiger partial charge in [-0.3, -0.25) is 4.79 Å². The lowest BCUT2D eigenvalue weighted by Gasteiger charge is -2.35. The smallest absolute Gasteiger partial charge is 0.273 e. The van der Waals surface area contributed by atoms with Crippen molar-refractivity contribution in [2.24, 2.45) is 5.41 Å². The number of aromatic nitrogens is 1. The summed E-state index contributed by atoms with van der Waals surface area (Å²) in [4.78, 5) is 19.0. The molecule has 2 aliphatic carbocycles. The van der Waals surface area contributed by atoms with Gasteiger partial charge in [0.25, 0.3) is 5.92 Å². The molecule has 6 nitrogen and oxygen atoms in total. The minimum atomic E-state index is -3.30. The van der Waals surface area contributed by atoms with Crippen LogP contribution in [0.2, 0.25) is 0 Å². The van der Waals surface area contributed by atoms with Crippen LogP contribution in [-0.4, -0.2) is 59.2 Å². The van der Waals surface area contributed by atoms with Crippen LogP contribution in [0.5, 0.6) is 0 Å². The Morgan fingerprint density at radius 1 is 1.22 bits per heavy atom. The number of amides is 1. The Labute approximate surface area is 212 Å². The molecule has 4 N–H and O–H groups in total. The molecule has 194 valence electrons. The number of nitrogens with two attached hydrogens (primary N) is 1. The Morgan fingerprint density at radius 3 is 2.44 bits per heavy atom. The zero-order valence-corrected chi connectivity index (χ0v) is 20.9. The van der Waals surface area contributed by atoms with Gasteiger partial charge in [-0.05, 0) is 49.0 Å². The first-order chi connectivity index (χ1) is 17.2. The van der Waals surface area contributed by atoms with Crippen molar-refractivity contribution in [1.29, 1.82) is 0 Å². The van der Waals surface area contributed by atoms with Crippen molar-refractivity contribution >= 4 is 29.2 Å². The topological polar surface area (TPSA) is 91.5 Å². The monoisotopic (exact) mass is 520 g/mol. The fraction of sp³-hybridized carbons (Fsp3) is 0.538. The number of benzene rings is 1. The van der Waals surface area contributed by atoms with Gasteiger partial charge >= 0.3 is 0 Å². The molecule has 36 heavy (non-hydrogen) atoms. The van der Waals surface area contributed by atoms with Crippen LogP contribution in [0.15, 0.2) is 36.5 Å². The maximum Gasteiger partial charge on any atom is 0.273 e. The minimum Gasteiger partial charge on any atom is -0.396 e. The SMILES string of the molecule is CSC1CC(NC(=O)C2(CO)C(c3ccc(C4CCN(c5ncc(F)cc5N)CC4)cc3)C2(F)F)C1. The van der Waals surface area contributed by atoms with E-state index in [1.54, 1.807) is 23.9 Å². The number of thioether (sulfide) groups is 1. The number of carbonyl (C=O) groups is 1. The molecule has 2 unspecified atom stereocenters. The van der Waals surface area contributed by atoms with Gasteiger partial charge in [0.05, 0.1) is 24.4 Å².